The molecule has 0 bridgehead atoms. The number of para-hydroxylation sites is 1. The second-order valence-electron chi connectivity index (χ2n) is 5.05. The molecule has 0 saturated heterocycles. The van der Waals surface area contributed by atoms with E-state index in [4.69, 9.17) is 0 Å². The van der Waals surface area contributed by atoms with Crippen molar-refractivity contribution in [3.63, 3.8) is 0 Å². The molecule has 0 heterocycles. The predicted molar refractivity (Wildman–Crippen MR) is 89.9 cm³/mol. The van der Waals surface area contributed by atoms with Crippen molar-refractivity contribution in [3.05, 3.63) is 86.0 Å². The molecule has 3 rings (SSSR count). The average Bonchev–Trinajstić information content (AvgIpc) is 2.78. The zero-order valence-electron chi connectivity index (χ0n) is 12.4. The van der Waals surface area contributed by atoms with Crippen LogP contribution >= 0.6 is 0 Å². The summed E-state index contributed by atoms with van der Waals surface area (Å²) in [7, 11) is 0. The summed E-state index contributed by atoms with van der Waals surface area (Å²) >= 11 is 0. The third-order valence-corrected chi connectivity index (χ3v) is 3.60. The highest BCUT2D eigenvalue weighted by Gasteiger charge is 2.28. The highest BCUT2D eigenvalue weighted by atomic mass is 16.6. The van der Waals surface area contributed by atoms with Crippen molar-refractivity contribution >= 4 is 22.8 Å². The molecule has 0 unspecified atom stereocenters. The van der Waals surface area contributed by atoms with Gasteiger partial charge in [-0.05, 0) is 11.6 Å². The topological polar surface area (TPSA) is 111 Å². The van der Waals surface area contributed by atoms with Crippen molar-refractivity contribution in [2.45, 2.75) is 6.42 Å². The lowest BCUT2D eigenvalue weighted by Crippen LogP contribution is -2.04. The molecular weight excluding hydrogens is 312 g/mol. The van der Waals surface area contributed by atoms with E-state index in [1.54, 1.807) is 0 Å². The number of anilines is 1. The van der Waals surface area contributed by atoms with Gasteiger partial charge in [-0.15, -0.1) is 0 Å². The summed E-state index contributed by atoms with van der Waals surface area (Å²) in [5.74, 6) is 0. The minimum absolute atomic E-state index is 0.0181. The first kappa shape index (κ1) is 15.3. The normalized spacial score (nSPS) is 17.1. The maximum absolute atomic E-state index is 11.2. The molecule has 0 aliphatic heterocycles. The van der Waals surface area contributed by atoms with Crippen molar-refractivity contribution in [3.8, 4) is 0 Å². The van der Waals surface area contributed by atoms with Crippen molar-refractivity contribution in [1.29, 1.82) is 0 Å². The first-order valence-electron chi connectivity index (χ1n) is 7.08. The fourth-order valence-corrected chi connectivity index (χ4v) is 2.51. The molecule has 2 aliphatic carbocycles. The highest BCUT2D eigenvalue weighted by Crippen LogP contribution is 2.34. The van der Waals surface area contributed by atoms with Crippen molar-refractivity contribution in [2.24, 2.45) is 5.10 Å². The number of hydrazone groups is 1. The van der Waals surface area contributed by atoms with Crippen LogP contribution in [0.4, 0.5) is 17.1 Å². The first-order valence-corrected chi connectivity index (χ1v) is 7.08. The molecule has 1 aromatic carbocycles. The Morgan fingerprint density at radius 1 is 1.08 bits per heavy atom. The van der Waals surface area contributed by atoms with Crippen molar-refractivity contribution < 1.29 is 9.85 Å². The van der Waals surface area contributed by atoms with E-state index in [1.165, 1.54) is 12.1 Å². The number of nitro groups is 2. The molecule has 0 saturated carbocycles. The van der Waals surface area contributed by atoms with E-state index < -0.39 is 21.2 Å². The predicted octanol–water partition coefficient (Wildman–Crippen LogP) is 3.65. The molecule has 8 heteroatoms. The molecule has 0 radical (unpaired) electrons. The molecule has 120 valence electrons. The largest absolute Gasteiger partial charge is 0.370 e. The Morgan fingerprint density at radius 3 is 2.67 bits per heavy atom. The van der Waals surface area contributed by atoms with Crippen LogP contribution < -0.4 is 5.43 Å². The fourth-order valence-electron chi connectivity index (χ4n) is 2.51. The Kier molecular flexibility index (Phi) is 4.02. The van der Waals surface area contributed by atoms with E-state index in [1.807, 2.05) is 36.5 Å². The number of rotatable bonds is 4. The lowest BCUT2D eigenvalue weighted by atomic mass is 10.1. The van der Waals surface area contributed by atoms with Gasteiger partial charge in [0.2, 0.25) is 0 Å². The van der Waals surface area contributed by atoms with Crippen LogP contribution in [0.3, 0.4) is 0 Å². The second kappa shape index (κ2) is 6.29. The number of nitrogens with zero attached hydrogens (tertiary/aromatic N) is 3. The van der Waals surface area contributed by atoms with Gasteiger partial charge in [-0.3, -0.25) is 25.7 Å². The van der Waals surface area contributed by atoms with Crippen molar-refractivity contribution in [1.82, 2.24) is 0 Å². The van der Waals surface area contributed by atoms with E-state index in [-0.39, 0.29) is 5.69 Å². The van der Waals surface area contributed by atoms with E-state index in [9.17, 15) is 20.2 Å². The van der Waals surface area contributed by atoms with Gasteiger partial charge in [0.05, 0.1) is 15.6 Å². The minimum Gasteiger partial charge on any atom is -0.271 e. The molecule has 0 fully saturated rings. The van der Waals surface area contributed by atoms with Gasteiger partial charge in [-0.25, -0.2) is 0 Å². The lowest BCUT2D eigenvalue weighted by molar-refractivity contribution is -0.421. The molecule has 0 aromatic heterocycles. The SMILES string of the molecule is O=[N+]([O-])c1cccc(NN=C2CC=C3C=CC=CC=C32)c1[N+](=O)[O-]. The summed E-state index contributed by atoms with van der Waals surface area (Å²) in [5, 5.41) is 26.4. The van der Waals surface area contributed by atoms with Gasteiger partial charge in [0.25, 0.3) is 0 Å². The average molecular weight is 324 g/mol. The first-order chi connectivity index (χ1) is 11.6. The fraction of sp³-hybridized carbons (Fsp3) is 0.0625. The summed E-state index contributed by atoms with van der Waals surface area (Å²) in [6.07, 6.45) is 12.1. The minimum atomic E-state index is -0.783. The maximum atomic E-state index is 11.2. The monoisotopic (exact) mass is 324 g/mol. The van der Waals surface area contributed by atoms with Gasteiger partial charge < -0.3 is 0 Å². The number of allylic oxidation sites excluding steroid dienone is 8. The van der Waals surface area contributed by atoms with Gasteiger partial charge >= 0.3 is 11.4 Å². The summed E-state index contributed by atoms with van der Waals surface area (Å²) in [4.78, 5) is 20.6. The summed E-state index contributed by atoms with van der Waals surface area (Å²) < 4.78 is 0. The standard InChI is InChI=1S/C16H12N4O4/c21-19(22)15-8-4-7-14(16(15)20(23)24)18-17-13-10-9-11-5-2-1-3-6-12(11)13/h1-9,18H,10H2. The lowest BCUT2D eigenvalue weighted by Gasteiger charge is -2.05. The van der Waals surface area contributed by atoms with Crippen LogP contribution in [0, 0.1) is 20.2 Å². The van der Waals surface area contributed by atoms with E-state index >= 15 is 0 Å². The maximum Gasteiger partial charge on any atom is 0.370 e. The Hall–Kier alpha value is -3.55. The third-order valence-electron chi connectivity index (χ3n) is 3.60. The molecule has 1 aromatic rings. The molecule has 0 atom stereocenters. The molecule has 0 spiro atoms. The van der Waals surface area contributed by atoms with E-state index in [2.05, 4.69) is 10.5 Å². The second-order valence-corrected chi connectivity index (χ2v) is 5.05. The molecular formula is C16H12N4O4. The Bertz CT molecular complexity index is 878. The van der Waals surface area contributed by atoms with Gasteiger partial charge in [0.15, 0.2) is 0 Å². The quantitative estimate of drug-likeness (QED) is 0.671. The van der Waals surface area contributed by atoms with Gasteiger partial charge in [0.1, 0.15) is 5.69 Å². The van der Waals surface area contributed by atoms with Gasteiger partial charge in [0, 0.05) is 18.1 Å². The summed E-state index contributed by atoms with van der Waals surface area (Å²) in [6, 6.07) is 3.86. The third kappa shape index (κ3) is 2.84. The Labute approximate surface area is 136 Å². The van der Waals surface area contributed by atoms with Crippen molar-refractivity contribution in [2.75, 3.05) is 5.43 Å². The zero-order chi connectivity index (χ0) is 17.1. The Balaban J connectivity index is 1.93. The van der Waals surface area contributed by atoms with Crippen LogP contribution in [0.15, 0.2) is 70.9 Å². The highest BCUT2D eigenvalue weighted by molar-refractivity contribution is 6.09. The van der Waals surface area contributed by atoms with Crippen LogP contribution in [0.2, 0.25) is 0 Å². The summed E-state index contributed by atoms with van der Waals surface area (Å²) in [5.41, 5.74) is 4.06. The molecule has 0 amide bonds. The smallest absolute Gasteiger partial charge is 0.271 e. The van der Waals surface area contributed by atoms with Crippen LogP contribution in [0.5, 0.6) is 0 Å². The molecule has 24 heavy (non-hydrogen) atoms. The number of fused-ring (bicyclic) bond motifs is 1. The molecule has 8 nitrogen and oxygen atoms in total. The number of hydrogen-bond donors (Lipinski definition) is 1. The van der Waals surface area contributed by atoms with Crippen LogP contribution in [-0.2, 0) is 0 Å². The van der Waals surface area contributed by atoms with Gasteiger partial charge in [-0.2, -0.15) is 5.10 Å². The molecule has 2 aliphatic rings. The summed E-state index contributed by atoms with van der Waals surface area (Å²) in [6.45, 7) is 0. The van der Waals surface area contributed by atoms with Crippen LogP contribution in [0.25, 0.3) is 0 Å². The van der Waals surface area contributed by atoms with E-state index in [0.717, 1.165) is 17.2 Å². The van der Waals surface area contributed by atoms with Gasteiger partial charge in [-0.1, -0.05) is 42.5 Å². The number of nitrogens with one attached hydrogen (secondary N) is 1. The molecule has 1 N–H and O–H groups in total. The van der Waals surface area contributed by atoms with Crippen LogP contribution in [-0.4, -0.2) is 15.6 Å². The van der Waals surface area contributed by atoms with Crippen LogP contribution in [0.1, 0.15) is 6.42 Å². The number of nitro benzene ring substituents is 2. The Morgan fingerprint density at radius 2 is 1.92 bits per heavy atom. The van der Waals surface area contributed by atoms with E-state index in [0.29, 0.717) is 12.1 Å². The zero-order valence-corrected chi connectivity index (χ0v) is 12.4. The number of benzene rings is 1. The number of hydrogen-bond acceptors (Lipinski definition) is 6.